The highest BCUT2D eigenvalue weighted by Crippen LogP contribution is 2.33. The van der Waals surface area contributed by atoms with Crippen molar-refractivity contribution in [2.24, 2.45) is 0 Å². The first-order chi connectivity index (χ1) is 25.1. The number of urea groups is 1. The third-order valence-electron chi connectivity index (χ3n) is 10.1. The van der Waals surface area contributed by atoms with Gasteiger partial charge in [0.1, 0.15) is 12.1 Å². The minimum absolute atomic E-state index is 0.0393. The van der Waals surface area contributed by atoms with Gasteiger partial charge in [-0.3, -0.25) is 24.5 Å². The molecule has 1 aromatic carbocycles. The van der Waals surface area contributed by atoms with Gasteiger partial charge in [0, 0.05) is 43.5 Å². The minimum Gasteiger partial charge on any atom is -0.480 e. The molecule has 7 N–H and O–H groups in total. The van der Waals surface area contributed by atoms with E-state index >= 15 is 0 Å². The van der Waals surface area contributed by atoms with Crippen LogP contribution in [0.3, 0.4) is 0 Å². The molecule has 3 heterocycles. The number of benzene rings is 1. The molecule has 3 aliphatic rings. The summed E-state index contributed by atoms with van der Waals surface area (Å²) in [6, 6.07) is 7.08. The third kappa shape index (κ3) is 13.3. The van der Waals surface area contributed by atoms with Gasteiger partial charge in [0.05, 0.1) is 18.1 Å². The van der Waals surface area contributed by atoms with Crippen LogP contribution in [0.15, 0.2) is 30.3 Å². The molecule has 3 fully saturated rings. The summed E-state index contributed by atoms with van der Waals surface area (Å²) in [5.74, 6) is -1.62. The number of rotatable bonds is 24. The second-order valence-corrected chi connectivity index (χ2v) is 15.3. The maximum atomic E-state index is 13.5. The van der Waals surface area contributed by atoms with E-state index < -0.39 is 36.0 Å². The standard InChI is InChI=1S/C37H56N6O8S/c44-31(17-5-2-9-21-38-32(45)18-7-6-16-30-33-28(24-52-30)41-37(51)42-33)39-22-10-8-14-26(34(46)43-23-11-15-29(43)36(49)50)40-27(35(47)48)20-19-25-12-3-1-4-13-25/h1,3-4,12-13,26-30,33,40H,2,5-11,14-24H2,(H,38,45)(H,39,44)(H,47,48)(H,49,50)(H2,41,42,51). The van der Waals surface area contributed by atoms with Crippen LogP contribution in [0, 0.1) is 0 Å². The van der Waals surface area contributed by atoms with Crippen molar-refractivity contribution in [3.63, 3.8) is 0 Å². The number of fused-ring (bicyclic) bond motifs is 1. The third-order valence-corrected chi connectivity index (χ3v) is 11.6. The van der Waals surface area contributed by atoms with Crippen molar-refractivity contribution >= 4 is 47.5 Å². The number of carbonyl (C=O) groups is 6. The fourth-order valence-electron chi connectivity index (χ4n) is 7.21. The Hall–Kier alpha value is -3.85. The number of thioether (sulfide) groups is 1. The molecule has 288 valence electrons. The lowest BCUT2D eigenvalue weighted by molar-refractivity contribution is -0.149. The molecule has 3 saturated heterocycles. The number of nitrogens with one attached hydrogen (secondary N) is 5. The predicted molar refractivity (Wildman–Crippen MR) is 198 cm³/mol. The van der Waals surface area contributed by atoms with Crippen LogP contribution in [-0.4, -0.2) is 112 Å². The van der Waals surface area contributed by atoms with E-state index in [0.717, 1.165) is 43.4 Å². The molecule has 6 unspecified atom stereocenters. The van der Waals surface area contributed by atoms with E-state index in [4.69, 9.17) is 0 Å². The van der Waals surface area contributed by atoms with E-state index in [9.17, 15) is 39.0 Å². The molecule has 15 heteroatoms. The van der Waals surface area contributed by atoms with E-state index in [0.29, 0.717) is 82.7 Å². The van der Waals surface area contributed by atoms with Crippen molar-refractivity contribution in [1.29, 1.82) is 0 Å². The smallest absolute Gasteiger partial charge is 0.326 e. The summed E-state index contributed by atoms with van der Waals surface area (Å²) in [7, 11) is 0. The summed E-state index contributed by atoms with van der Waals surface area (Å²) >= 11 is 1.88. The van der Waals surface area contributed by atoms with Gasteiger partial charge in [-0.05, 0) is 76.2 Å². The van der Waals surface area contributed by atoms with Gasteiger partial charge in [0.2, 0.25) is 17.7 Å². The predicted octanol–water partition coefficient (Wildman–Crippen LogP) is 2.80. The number of nitrogens with zero attached hydrogens (tertiary/aromatic N) is 1. The van der Waals surface area contributed by atoms with Crippen LogP contribution < -0.4 is 26.6 Å². The van der Waals surface area contributed by atoms with Crippen molar-refractivity contribution < 1.29 is 39.0 Å². The number of hydrogen-bond acceptors (Lipinski definition) is 8. The molecule has 14 nitrogen and oxygen atoms in total. The second kappa shape index (κ2) is 21.6. The van der Waals surface area contributed by atoms with Crippen molar-refractivity contribution in [2.75, 3.05) is 25.4 Å². The average molecular weight is 745 g/mol. The van der Waals surface area contributed by atoms with E-state index in [1.165, 1.54) is 4.90 Å². The first kappa shape index (κ1) is 40.9. The largest absolute Gasteiger partial charge is 0.480 e. The number of carbonyl (C=O) groups excluding carboxylic acids is 4. The van der Waals surface area contributed by atoms with Crippen LogP contribution in [-0.2, 0) is 30.4 Å². The maximum Gasteiger partial charge on any atom is 0.326 e. The zero-order chi connectivity index (χ0) is 37.3. The highest BCUT2D eigenvalue weighted by Gasteiger charge is 2.42. The molecule has 0 radical (unpaired) electrons. The minimum atomic E-state index is -1.07. The molecule has 52 heavy (non-hydrogen) atoms. The zero-order valence-corrected chi connectivity index (χ0v) is 30.8. The quantitative estimate of drug-likeness (QED) is 0.0609. The number of carboxylic acids is 2. The number of unbranched alkanes of at least 4 members (excludes halogenated alkanes) is 4. The highest BCUT2D eigenvalue weighted by molar-refractivity contribution is 8.00. The summed E-state index contributed by atoms with van der Waals surface area (Å²) in [6.45, 7) is 1.31. The molecule has 1 aromatic rings. The lowest BCUT2D eigenvalue weighted by Gasteiger charge is -2.29. The molecule has 6 atom stereocenters. The van der Waals surface area contributed by atoms with Gasteiger partial charge in [0.15, 0.2) is 0 Å². The van der Waals surface area contributed by atoms with Crippen LogP contribution in [0.25, 0.3) is 0 Å². The van der Waals surface area contributed by atoms with Gasteiger partial charge in [-0.1, -0.05) is 43.2 Å². The van der Waals surface area contributed by atoms with Crippen molar-refractivity contribution in [2.45, 2.75) is 132 Å². The molecule has 0 saturated carbocycles. The van der Waals surface area contributed by atoms with Crippen molar-refractivity contribution in [3.8, 4) is 0 Å². The normalized spacial score (nSPS) is 21.8. The lowest BCUT2D eigenvalue weighted by Crippen LogP contribution is -2.54. The molecular weight excluding hydrogens is 689 g/mol. The summed E-state index contributed by atoms with van der Waals surface area (Å²) in [5.41, 5.74) is 0.988. The molecule has 0 aromatic heterocycles. The average Bonchev–Trinajstić information content (AvgIpc) is 3.86. The van der Waals surface area contributed by atoms with Gasteiger partial charge in [0.25, 0.3) is 0 Å². The zero-order valence-electron chi connectivity index (χ0n) is 30.0. The Labute approximate surface area is 310 Å². The number of carboxylic acid groups (broad SMARTS) is 2. The van der Waals surface area contributed by atoms with Gasteiger partial charge in [-0.2, -0.15) is 11.8 Å². The van der Waals surface area contributed by atoms with E-state index in [2.05, 4.69) is 26.6 Å². The summed E-state index contributed by atoms with van der Waals surface area (Å²) in [4.78, 5) is 74.9. The molecular formula is C37H56N6O8S. The first-order valence-corrected chi connectivity index (χ1v) is 20.0. The summed E-state index contributed by atoms with van der Waals surface area (Å²) in [5, 5.41) is 34.8. The molecule has 0 aliphatic carbocycles. The molecule has 3 aliphatic heterocycles. The Kier molecular flexibility index (Phi) is 17.0. The SMILES string of the molecule is O=C(CCCCCNC(=O)CCCCC1SCC2NC(=O)NC21)NCCCCC(NC(CCc1ccccc1)C(=O)O)C(=O)N1CCCC1C(=O)O. The number of likely N-dealkylation sites (tertiary alicyclic amines) is 1. The van der Waals surface area contributed by atoms with Crippen molar-refractivity contribution in [1.82, 2.24) is 31.5 Å². The fourth-order valence-corrected chi connectivity index (χ4v) is 8.75. The van der Waals surface area contributed by atoms with Gasteiger partial charge >= 0.3 is 18.0 Å². The van der Waals surface area contributed by atoms with Crippen LogP contribution in [0.4, 0.5) is 4.79 Å². The topological polar surface area (TPSA) is 206 Å². The van der Waals surface area contributed by atoms with Crippen LogP contribution >= 0.6 is 11.8 Å². The van der Waals surface area contributed by atoms with Crippen LogP contribution in [0.5, 0.6) is 0 Å². The van der Waals surface area contributed by atoms with E-state index in [1.54, 1.807) is 0 Å². The molecule has 0 spiro atoms. The van der Waals surface area contributed by atoms with Gasteiger partial charge in [-0.15, -0.1) is 0 Å². The molecule has 4 rings (SSSR count). The molecule has 5 amide bonds. The van der Waals surface area contributed by atoms with Gasteiger partial charge < -0.3 is 36.4 Å². The Morgan fingerprint density at radius 1 is 0.846 bits per heavy atom. The Morgan fingerprint density at radius 2 is 1.54 bits per heavy atom. The van der Waals surface area contributed by atoms with E-state index in [1.807, 2.05) is 42.1 Å². The molecule has 0 bridgehead atoms. The van der Waals surface area contributed by atoms with Crippen molar-refractivity contribution in [3.05, 3.63) is 35.9 Å². The van der Waals surface area contributed by atoms with Crippen LogP contribution in [0.1, 0.15) is 95.5 Å². The van der Waals surface area contributed by atoms with Crippen LogP contribution in [0.2, 0.25) is 0 Å². The second-order valence-electron chi connectivity index (χ2n) is 14.0. The lowest BCUT2D eigenvalue weighted by atomic mass is 10.0. The monoisotopic (exact) mass is 744 g/mol. The number of aryl methyl sites for hydroxylation is 1. The number of aliphatic carboxylic acids is 2. The van der Waals surface area contributed by atoms with Gasteiger partial charge in [-0.25, -0.2) is 9.59 Å². The Morgan fingerprint density at radius 3 is 2.23 bits per heavy atom. The first-order valence-electron chi connectivity index (χ1n) is 18.9. The number of amides is 5. The Bertz CT molecular complexity index is 1350. The van der Waals surface area contributed by atoms with E-state index in [-0.39, 0.29) is 36.3 Å². The summed E-state index contributed by atoms with van der Waals surface area (Å²) in [6.07, 6.45) is 9.08. The fraction of sp³-hybridized carbons (Fsp3) is 0.676. The maximum absolute atomic E-state index is 13.5. The summed E-state index contributed by atoms with van der Waals surface area (Å²) < 4.78 is 0. The highest BCUT2D eigenvalue weighted by atomic mass is 32.2. The Balaban J connectivity index is 1.07. The number of hydrogen-bond donors (Lipinski definition) is 7.